The second-order valence-corrected chi connectivity index (χ2v) is 4.75. The van der Waals surface area contributed by atoms with Crippen LogP contribution in [0.4, 0.5) is 4.79 Å². The van der Waals surface area contributed by atoms with Gasteiger partial charge in [-0.1, -0.05) is 19.9 Å². The molecular formula is C13H20N4O2. The number of nitrogens with zero attached hydrogens (tertiary/aromatic N) is 2. The minimum absolute atomic E-state index is 0.0512. The molecule has 0 unspecified atom stereocenters. The van der Waals surface area contributed by atoms with Crippen molar-refractivity contribution >= 4 is 11.9 Å². The Morgan fingerprint density at radius 2 is 2.11 bits per heavy atom. The summed E-state index contributed by atoms with van der Waals surface area (Å²) >= 11 is 0. The second kappa shape index (κ2) is 6.72. The molecule has 0 aliphatic heterocycles. The SMILES string of the molecule is CC(C)[C@H](NC(=O)N(C)Cc1ccccn1)C(N)=O. The van der Waals surface area contributed by atoms with E-state index in [4.69, 9.17) is 5.73 Å². The Labute approximate surface area is 113 Å². The molecule has 0 fully saturated rings. The fraction of sp³-hybridized carbons (Fsp3) is 0.462. The number of carbonyl (C=O) groups is 2. The van der Waals surface area contributed by atoms with Crippen molar-refractivity contribution < 1.29 is 9.59 Å². The van der Waals surface area contributed by atoms with Gasteiger partial charge in [0.15, 0.2) is 0 Å². The summed E-state index contributed by atoms with van der Waals surface area (Å²) in [6, 6.07) is 4.49. The van der Waals surface area contributed by atoms with Crippen LogP contribution in [0.25, 0.3) is 0 Å². The Morgan fingerprint density at radius 3 is 2.58 bits per heavy atom. The van der Waals surface area contributed by atoms with Crippen LogP contribution in [0.3, 0.4) is 0 Å². The lowest BCUT2D eigenvalue weighted by Crippen LogP contribution is -2.51. The maximum absolute atomic E-state index is 11.9. The number of nitrogens with one attached hydrogen (secondary N) is 1. The van der Waals surface area contributed by atoms with Gasteiger partial charge in [0, 0.05) is 13.2 Å². The summed E-state index contributed by atoms with van der Waals surface area (Å²) in [4.78, 5) is 28.8. The van der Waals surface area contributed by atoms with E-state index >= 15 is 0 Å². The summed E-state index contributed by atoms with van der Waals surface area (Å²) < 4.78 is 0. The first kappa shape index (κ1) is 14.9. The van der Waals surface area contributed by atoms with Crippen molar-refractivity contribution in [3.05, 3.63) is 30.1 Å². The lowest BCUT2D eigenvalue weighted by Gasteiger charge is -2.23. The van der Waals surface area contributed by atoms with Crippen molar-refractivity contribution in [2.24, 2.45) is 11.7 Å². The van der Waals surface area contributed by atoms with Gasteiger partial charge < -0.3 is 16.0 Å². The zero-order chi connectivity index (χ0) is 14.4. The van der Waals surface area contributed by atoms with Crippen LogP contribution in [0.2, 0.25) is 0 Å². The highest BCUT2D eigenvalue weighted by molar-refractivity contribution is 5.86. The molecule has 1 heterocycles. The Hall–Kier alpha value is -2.11. The molecule has 0 aliphatic rings. The number of carbonyl (C=O) groups excluding carboxylic acids is 2. The molecule has 1 atom stereocenters. The summed E-state index contributed by atoms with van der Waals surface area (Å²) in [7, 11) is 1.64. The van der Waals surface area contributed by atoms with E-state index in [0.29, 0.717) is 6.54 Å². The smallest absolute Gasteiger partial charge is 0.318 e. The number of amides is 3. The van der Waals surface area contributed by atoms with Gasteiger partial charge in [-0.3, -0.25) is 9.78 Å². The number of aromatic nitrogens is 1. The molecule has 6 nitrogen and oxygen atoms in total. The Morgan fingerprint density at radius 1 is 1.42 bits per heavy atom. The van der Waals surface area contributed by atoms with Crippen LogP contribution in [0.15, 0.2) is 24.4 Å². The van der Waals surface area contributed by atoms with E-state index in [1.807, 2.05) is 32.0 Å². The Balaban J connectivity index is 2.60. The summed E-state index contributed by atoms with van der Waals surface area (Å²) in [5.74, 6) is -0.584. The quantitative estimate of drug-likeness (QED) is 0.821. The van der Waals surface area contributed by atoms with E-state index in [1.165, 1.54) is 4.90 Å². The molecule has 1 aromatic rings. The molecule has 0 aromatic carbocycles. The predicted octanol–water partition coefficient (Wildman–Crippen LogP) is 0.733. The van der Waals surface area contributed by atoms with E-state index in [9.17, 15) is 9.59 Å². The number of rotatable bonds is 5. The van der Waals surface area contributed by atoms with Gasteiger partial charge in [0.1, 0.15) is 6.04 Å². The molecule has 1 aromatic heterocycles. The van der Waals surface area contributed by atoms with Gasteiger partial charge in [-0.15, -0.1) is 0 Å². The van der Waals surface area contributed by atoms with Crippen molar-refractivity contribution in [3.63, 3.8) is 0 Å². The maximum Gasteiger partial charge on any atom is 0.318 e. The van der Waals surface area contributed by atoms with Gasteiger partial charge in [-0.05, 0) is 18.1 Å². The molecule has 0 aliphatic carbocycles. The van der Waals surface area contributed by atoms with Gasteiger partial charge in [-0.25, -0.2) is 4.79 Å². The lowest BCUT2D eigenvalue weighted by atomic mass is 10.0. The van der Waals surface area contributed by atoms with E-state index in [0.717, 1.165) is 5.69 Å². The molecular weight excluding hydrogens is 244 g/mol. The third-order valence-electron chi connectivity index (χ3n) is 2.72. The van der Waals surface area contributed by atoms with Gasteiger partial charge in [0.2, 0.25) is 5.91 Å². The number of urea groups is 1. The van der Waals surface area contributed by atoms with E-state index in [1.54, 1.807) is 13.2 Å². The van der Waals surface area contributed by atoms with Crippen LogP contribution in [-0.4, -0.2) is 34.9 Å². The first-order chi connectivity index (χ1) is 8.91. The molecule has 3 N–H and O–H groups in total. The highest BCUT2D eigenvalue weighted by Gasteiger charge is 2.23. The first-order valence-corrected chi connectivity index (χ1v) is 6.12. The number of hydrogen-bond acceptors (Lipinski definition) is 3. The zero-order valence-electron chi connectivity index (χ0n) is 11.5. The van der Waals surface area contributed by atoms with Crippen molar-refractivity contribution in [3.8, 4) is 0 Å². The van der Waals surface area contributed by atoms with Crippen molar-refractivity contribution in [1.29, 1.82) is 0 Å². The van der Waals surface area contributed by atoms with Crippen molar-refractivity contribution in [1.82, 2.24) is 15.2 Å². The molecule has 0 saturated heterocycles. The Kier molecular flexibility index (Phi) is 5.29. The summed E-state index contributed by atoms with van der Waals surface area (Å²) in [6.07, 6.45) is 1.67. The molecule has 1 rings (SSSR count). The normalized spacial score (nSPS) is 12.0. The fourth-order valence-electron chi connectivity index (χ4n) is 1.62. The summed E-state index contributed by atoms with van der Waals surface area (Å²) in [5.41, 5.74) is 6.03. The monoisotopic (exact) mass is 264 g/mol. The third-order valence-corrected chi connectivity index (χ3v) is 2.72. The number of nitrogens with two attached hydrogens (primary N) is 1. The largest absolute Gasteiger partial charge is 0.368 e. The maximum atomic E-state index is 11.9. The standard InChI is InChI=1S/C13H20N4O2/c1-9(2)11(12(14)18)16-13(19)17(3)8-10-6-4-5-7-15-10/h4-7,9,11H,8H2,1-3H3,(H2,14,18)(H,16,19)/t11-/m0/s1. The molecule has 104 valence electrons. The van der Waals surface area contributed by atoms with Crippen molar-refractivity contribution in [2.45, 2.75) is 26.4 Å². The van der Waals surface area contributed by atoms with Crippen LogP contribution in [-0.2, 0) is 11.3 Å². The topological polar surface area (TPSA) is 88.3 Å². The van der Waals surface area contributed by atoms with Crippen LogP contribution in [0.1, 0.15) is 19.5 Å². The number of hydrogen-bond donors (Lipinski definition) is 2. The van der Waals surface area contributed by atoms with E-state index < -0.39 is 11.9 Å². The molecule has 19 heavy (non-hydrogen) atoms. The molecule has 0 radical (unpaired) electrons. The Bertz CT molecular complexity index is 434. The third kappa shape index (κ3) is 4.57. The van der Waals surface area contributed by atoms with Crippen LogP contribution in [0.5, 0.6) is 0 Å². The average Bonchev–Trinajstić information content (AvgIpc) is 2.35. The molecule has 0 saturated carbocycles. The van der Waals surface area contributed by atoms with Crippen LogP contribution in [0, 0.1) is 5.92 Å². The van der Waals surface area contributed by atoms with Crippen molar-refractivity contribution in [2.75, 3.05) is 7.05 Å². The molecule has 0 bridgehead atoms. The molecule has 6 heteroatoms. The average molecular weight is 264 g/mol. The van der Waals surface area contributed by atoms with Gasteiger partial charge in [0.05, 0.1) is 12.2 Å². The highest BCUT2D eigenvalue weighted by atomic mass is 16.2. The zero-order valence-corrected chi connectivity index (χ0v) is 11.5. The fourth-order valence-corrected chi connectivity index (χ4v) is 1.62. The highest BCUT2D eigenvalue weighted by Crippen LogP contribution is 2.03. The minimum atomic E-state index is -0.668. The number of pyridine rings is 1. The van der Waals surface area contributed by atoms with E-state index in [-0.39, 0.29) is 11.9 Å². The second-order valence-electron chi connectivity index (χ2n) is 4.75. The number of primary amides is 1. The van der Waals surface area contributed by atoms with Crippen LogP contribution < -0.4 is 11.1 Å². The van der Waals surface area contributed by atoms with Gasteiger partial charge >= 0.3 is 6.03 Å². The van der Waals surface area contributed by atoms with Gasteiger partial charge in [-0.2, -0.15) is 0 Å². The lowest BCUT2D eigenvalue weighted by molar-refractivity contribution is -0.120. The minimum Gasteiger partial charge on any atom is -0.368 e. The first-order valence-electron chi connectivity index (χ1n) is 6.12. The predicted molar refractivity (Wildman–Crippen MR) is 72.1 cm³/mol. The summed E-state index contributed by atoms with van der Waals surface area (Å²) in [5, 5.41) is 2.62. The summed E-state index contributed by atoms with van der Waals surface area (Å²) in [6.45, 7) is 4.03. The van der Waals surface area contributed by atoms with Gasteiger partial charge in [0.25, 0.3) is 0 Å². The van der Waals surface area contributed by atoms with Crippen LogP contribution >= 0.6 is 0 Å². The molecule has 0 spiro atoms. The molecule has 3 amide bonds. The van der Waals surface area contributed by atoms with E-state index in [2.05, 4.69) is 10.3 Å².